The van der Waals surface area contributed by atoms with Crippen LogP contribution in [0.2, 0.25) is 0 Å². The average Bonchev–Trinajstić information content (AvgIpc) is 2.59. The quantitative estimate of drug-likeness (QED) is 0.771. The number of nitriles is 1. The number of H-pyrrole nitrogens is 1. The first-order valence-electron chi connectivity index (χ1n) is 4.89. The highest BCUT2D eigenvalue weighted by Gasteiger charge is 2.32. The van der Waals surface area contributed by atoms with Gasteiger partial charge in [0.2, 0.25) is 0 Å². The number of nitrogens with one attached hydrogen (secondary N) is 1. The lowest BCUT2D eigenvalue weighted by molar-refractivity contribution is 0.592. The molecule has 0 bridgehead atoms. The minimum Gasteiger partial charge on any atom is -0.328 e. The molecule has 16 heavy (non-hydrogen) atoms. The molecule has 1 unspecified atom stereocenters. The Morgan fingerprint density at radius 3 is 2.81 bits per heavy atom. The Kier molecular flexibility index (Phi) is 2.56. The van der Waals surface area contributed by atoms with Crippen molar-refractivity contribution in [2.45, 2.75) is 18.1 Å². The van der Waals surface area contributed by atoms with Gasteiger partial charge in [0.15, 0.2) is 9.84 Å². The van der Waals surface area contributed by atoms with Crippen LogP contribution >= 0.6 is 0 Å². The van der Waals surface area contributed by atoms with Crippen molar-refractivity contribution in [2.24, 2.45) is 0 Å². The van der Waals surface area contributed by atoms with E-state index < -0.39 is 20.6 Å². The predicted octanol–water partition coefficient (Wildman–Crippen LogP) is 0.496. The number of aromatic nitrogens is 1. The molecule has 5 nitrogen and oxygen atoms in total. The molecule has 0 saturated carbocycles. The highest BCUT2D eigenvalue weighted by atomic mass is 32.2. The highest BCUT2D eigenvalue weighted by Crippen LogP contribution is 2.33. The van der Waals surface area contributed by atoms with E-state index in [1.54, 1.807) is 6.07 Å². The fraction of sp³-hybridized carbons (Fsp3) is 0.400. The van der Waals surface area contributed by atoms with Gasteiger partial charge in [-0.2, -0.15) is 5.26 Å². The summed E-state index contributed by atoms with van der Waals surface area (Å²) in [6, 6.07) is 3.12. The largest absolute Gasteiger partial charge is 0.328 e. The first-order chi connectivity index (χ1) is 7.54. The van der Waals surface area contributed by atoms with Gasteiger partial charge >= 0.3 is 0 Å². The average molecular weight is 238 g/mol. The topological polar surface area (TPSA) is 90.8 Å². The van der Waals surface area contributed by atoms with Gasteiger partial charge in [0, 0.05) is 6.20 Å². The monoisotopic (exact) mass is 238 g/mol. The van der Waals surface area contributed by atoms with Crippen molar-refractivity contribution in [1.29, 1.82) is 5.26 Å². The van der Waals surface area contributed by atoms with Crippen molar-refractivity contribution in [1.82, 2.24) is 4.98 Å². The van der Waals surface area contributed by atoms with Crippen LogP contribution in [-0.4, -0.2) is 19.2 Å². The number of hydrogen-bond donors (Lipinski definition) is 1. The van der Waals surface area contributed by atoms with E-state index in [-0.39, 0.29) is 11.3 Å². The van der Waals surface area contributed by atoms with Gasteiger partial charge in [0.1, 0.15) is 11.6 Å². The number of hydrogen-bond acceptors (Lipinski definition) is 4. The SMILES string of the molecule is N#Cc1cc(C2CCCS2(=O)=O)c[nH]c1=O. The predicted molar refractivity (Wildman–Crippen MR) is 57.5 cm³/mol. The third-order valence-corrected chi connectivity index (χ3v) is 4.98. The molecule has 1 fully saturated rings. The zero-order valence-electron chi connectivity index (χ0n) is 8.43. The molecule has 1 aliphatic heterocycles. The summed E-state index contributed by atoms with van der Waals surface area (Å²) >= 11 is 0. The maximum Gasteiger partial charge on any atom is 0.265 e. The van der Waals surface area contributed by atoms with Gasteiger partial charge in [0.25, 0.3) is 5.56 Å². The van der Waals surface area contributed by atoms with Gasteiger partial charge in [-0.15, -0.1) is 0 Å². The summed E-state index contributed by atoms with van der Waals surface area (Å²) in [5, 5.41) is 8.12. The van der Waals surface area contributed by atoms with Crippen LogP contribution in [0.1, 0.15) is 29.2 Å². The van der Waals surface area contributed by atoms with Crippen molar-refractivity contribution in [3.8, 4) is 6.07 Å². The van der Waals surface area contributed by atoms with Crippen LogP contribution in [0.4, 0.5) is 0 Å². The molecule has 2 rings (SSSR count). The molecule has 2 heterocycles. The molecule has 6 heteroatoms. The lowest BCUT2D eigenvalue weighted by atomic mass is 10.1. The van der Waals surface area contributed by atoms with Gasteiger partial charge in [-0.1, -0.05) is 0 Å². The van der Waals surface area contributed by atoms with E-state index in [1.165, 1.54) is 12.3 Å². The maximum atomic E-state index is 11.7. The number of sulfone groups is 1. The number of nitrogens with zero attached hydrogens (tertiary/aromatic N) is 1. The minimum absolute atomic E-state index is 0.0420. The van der Waals surface area contributed by atoms with Gasteiger partial charge in [-0.05, 0) is 24.5 Å². The Labute approximate surface area is 92.6 Å². The lowest BCUT2D eigenvalue weighted by Crippen LogP contribution is -2.14. The molecule has 1 aliphatic rings. The molecular formula is C10H10N2O3S. The van der Waals surface area contributed by atoms with Gasteiger partial charge < -0.3 is 4.98 Å². The van der Waals surface area contributed by atoms with Crippen molar-refractivity contribution in [3.05, 3.63) is 33.7 Å². The van der Waals surface area contributed by atoms with Crippen molar-refractivity contribution >= 4 is 9.84 Å². The zero-order valence-corrected chi connectivity index (χ0v) is 9.25. The lowest BCUT2D eigenvalue weighted by Gasteiger charge is -2.08. The van der Waals surface area contributed by atoms with Crippen LogP contribution in [0.5, 0.6) is 0 Å². The molecule has 1 atom stereocenters. The number of pyridine rings is 1. The Morgan fingerprint density at radius 2 is 2.25 bits per heavy atom. The molecule has 0 spiro atoms. The van der Waals surface area contributed by atoms with Crippen LogP contribution < -0.4 is 5.56 Å². The number of aromatic amines is 1. The summed E-state index contributed by atoms with van der Waals surface area (Å²) in [5.74, 6) is 0.179. The minimum atomic E-state index is -3.11. The van der Waals surface area contributed by atoms with Crippen LogP contribution in [-0.2, 0) is 9.84 Å². The normalized spacial score (nSPS) is 22.8. The Bertz CT molecular complexity index is 610. The first-order valence-corrected chi connectivity index (χ1v) is 6.60. The summed E-state index contributed by atoms with van der Waals surface area (Å²) < 4.78 is 23.3. The van der Waals surface area contributed by atoms with E-state index in [0.717, 1.165) is 0 Å². The standard InChI is InChI=1S/C10H10N2O3S/c11-5-7-4-8(6-12-10(7)13)9-2-1-3-16(9,14)15/h4,6,9H,1-3H2,(H,12,13). The molecule has 84 valence electrons. The first kappa shape index (κ1) is 10.9. The molecule has 0 radical (unpaired) electrons. The molecule has 0 amide bonds. The second-order valence-electron chi connectivity index (χ2n) is 3.79. The molecule has 1 N–H and O–H groups in total. The summed E-state index contributed by atoms with van der Waals surface area (Å²) in [6.07, 6.45) is 2.57. The van der Waals surface area contributed by atoms with E-state index in [2.05, 4.69) is 4.98 Å². The van der Waals surface area contributed by atoms with Crippen LogP contribution in [0, 0.1) is 11.3 Å². The Hall–Kier alpha value is -1.61. The molecule has 1 aromatic heterocycles. The number of rotatable bonds is 1. The van der Waals surface area contributed by atoms with Crippen molar-refractivity contribution in [3.63, 3.8) is 0 Å². The van der Waals surface area contributed by atoms with E-state index in [0.29, 0.717) is 18.4 Å². The summed E-state index contributed by atoms with van der Waals surface area (Å²) in [5.41, 5.74) is -0.0186. The second kappa shape index (κ2) is 3.76. The molecule has 1 aromatic rings. The van der Waals surface area contributed by atoms with E-state index >= 15 is 0 Å². The summed E-state index contributed by atoms with van der Waals surface area (Å²) in [4.78, 5) is 13.5. The van der Waals surface area contributed by atoms with Crippen molar-refractivity contribution < 1.29 is 8.42 Å². The fourth-order valence-corrected chi connectivity index (χ4v) is 3.87. The van der Waals surface area contributed by atoms with Gasteiger partial charge in [0.05, 0.1) is 11.0 Å². The third-order valence-electron chi connectivity index (χ3n) is 2.75. The maximum absolute atomic E-state index is 11.7. The molecule has 0 aliphatic carbocycles. The third kappa shape index (κ3) is 1.74. The van der Waals surface area contributed by atoms with E-state index in [4.69, 9.17) is 5.26 Å². The molecule has 0 aromatic carbocycles. The van der Waals surface area contributed by atoms with Gasteiger partial charge in [-0.3, -0.25) is 4.79 Å². The van der Waals surface area contributed by atoms with E-state index in [9.17, 15) is 13.2 Å². The zero-order chi connectivity index (χ0) is 11.8. The van der Waals surface area contributed by atoms with Crippen LogP contribution in [0.3, 0.4) is 0 Å². The second-order valence-corrected chi connectivity index (χ2v) is 6.09. The van der Waals surface area contributed by atoms with E-state index in [1.807, 2.05) is 0 Å². The van der Waals surface area contributed by atoms with Crippen LogP contribution in [0.15, 0.2) is 17.1 Å². The Morgan fingerprint density at radius 1 is 1.50 bits per heavy atom. The summed E-state index contributed by atoms with van der Waals surface area (Å²) in [7, 11) is -3.11. The van der Waals surface area contributed by atoms with Crippen LogP contribution in [0.25, 0.3) is 0 Å². The fourth-order valence-electron chi connectivity index (χ4n) is 1.94. The van der Waals surface area contributed by atoms with Gasteiger partial charge in [-0.25, -0.2) is 8.42 Å². The smallest absolute Gasteiger partial charge is 0.265 e. The Balaban J connectivity index is 2.51. The molecule has 1 saturated heterocycles. The summed E-state index contributed by atoms with van der Waals surface area (Å²) in [6.45, 7) is 0. The highest BCUT2D eigenvalue weighted by molar-refractivity contribution is 7.91. The molecular weight excluding hydrogens is 228 g/mol. The van der Waals surface area contributed by atoms with Crippen molar-refractivity contribution in [2.75, 3.05) is 5.75 Å².